The van der Waals surface area contributed by atoms with Crippen LogP contribution in [0.25, 0.3) is 10.8 Å². The minimum atomic E-state index is -0.243. The molecule has 0 radical (unpaired) electrons. The summed E-state index contributed by atoms with van der Waals surface area (Å²) in [5, 5.41) is 11.5. The summed E-state index contributed by atoms with van der Waals surface area (Å²) in [4.78, 5) is 16.4. The highest BCUT2D eigenvalue weighted by Gasteiger charge is 2.32. The van der Waals surface area contributed by atoms with Crippen molar-refractivity contribution < 1.29 is 9.53 Å². The topological polar surface area (TPSA) is 56.6 Å². The third-order valence-electron chi connectivity index (χ3n) is 5.35. The third-order valence-corrected chi connectivity index (χ3v) is 5.35. The summed E-state index contributed by atoms with van der Waals surface area (Å²) in [5.74, 6) is 0.977. The lowest BCUT2D eigenvalue weighted by molar-refractivity contribution is -0.132. The first-order valence-corrected chi connectivity index (χ1v) is 9.30. The maximum atomic E-state index is 12.5. The Morgan fingerprint density at radius 3 is 2.88 bits per heavy atom. The molecule has 2 saturated heterocycles. The predicted octanol–water partition coefficient (Wildman–Crippen LogP) is 2.81. The molecule has 0 aromatic heterocycles. The van der Waals surface area contributed by atoms with E-state index in [9.17, 15) is 4.79 Å². The van der Waals surface area contributed by atoms with Crippen LogP contribution in [0.5, 0.6) is 5.75 Å². The standard InChI is InChI=1S/C21H23N3O2/c22-13-17-7-4-11-24(17)21(25)15-23-12-10-18(14-23)26-20-9-3-6-16-5-1-2-8-19(16)20/h1-3,5-6,8-9,17-18H,4,7,10-12,14-15H2/t17-,18-/m0/s1. The van der Waals surface area contributed by atoms with Gasteiger partial charge in [0.2, 0.25) is 5.91 Å². The van der Waals surface area contributed by atoms with E-state index in [-0.39, 0.29) is 18.1 Å². The maximum absolute atomic E-state index is 12.5. The van der Waals surface area contributed by atoms with E-state index in [1.54, 1.807) is 4.90 Å². The lowest BCUT2D eigenvalue weighted by Gasteiger charge is -2.23. The van der Waals surface area contributed by atoms with Gasteiger partial charge in [-0.3, -0.25) is 9.69 Å². The average molecular weight is 349 g/mol. The highest BCUT2D eigenvalue weighted by molar-refractivity contribution is 5.88. The zero-order valence-corrected chi connectivity index (χ0v) is 14.8. The molecule has 5 nitrogen and oxygen atoms in total. The van der Waals surface area contributed by atoms with Crippen LogP contribution in [0.15, 0.2) is 42.5 Å². The Morgan fingerprint density at radius 1 is 1.15 bits per heavy atom. The summed E-state index contributed by atoms with van der Waals surface area (Å²) in [7, 11) is 0. The number of carbonyl (C=O) groups is 1. The van der Waals surface area contributed by atoms with E-state index in [1.165, 1.54) is 5.39 Å². The summed E-state index contributed by atoms with van der Waals surface area (Å²) in [6, 6.07) is 16.3. The van der Waals surface area contributed by atoms with Gasteiger partial charge in [0.1, 0.15) is 17.9 Å². The molecule has 4 rings (SSSR count). The molecule has 0 aliphatic carbocycles. The van der Waals surface area contributed by atoms with Gasteiger partial charge in [0.15, 0.2) is 0 Å². The number of nitrogens with zero attached hydrogens (tertiary/aromatic N) is 3. The lowest BCUT2D eigenvalue weighted by Crippen LogP contribution is -2.42. The van der Waals surface area contributed by atoms with Crippen molar-refractivity contribution in [1.82, 2.24) is 9.80 Å². The van der Waals surface area contributed by atoms with Gasteiger partial charge < -0.3 is 9.64 Å². The Morgan fingerprint density at radius 2 is 2.00 bits per heavy atom. The number of rotatable bonds is 4. The molecule has 0 bridgehead atoms. The first-order valence-electron chi connectivity index (χ1n) is 9.30. The van der Waals surface area contributed by atoms with Gasteiger partial charge in [0.25, 0.3) is 0 Å². The molecule has 5 heteroatoms. The second kappa shape index (κ2) is 7.35. The molecule has 134 valence electrons. The second-order valence-corrected chi connectivity index (χ2v) is 7.12. The highest BCUT2D eigenvalue weighted by Crippen LogP contribution is 2.28. The van der Waals surface area contributed by atoms with Crippen LogP contribution in [-0.2, 0) is 4.79 Å². The number of carbonyl (C=O) groups excluding carboxylic acids is 1. The zero-order chi connectivity index (χ0) is 17.9. The van der Waals surface area contributed by atoms with E-state index in [0.29, 0.717) is 13.1 Å². The monoisotopic (exact) mass is 349 g/mol. The van der Waals surface area contributed by atoms with Crippen LogP contribution in [0, 0.1) is 11.3 Å². The molecule has 0 saturated carbocycles. The number of benzene rings is 2. The van der Waals surface area contributed by atoms with Crippen molar-refractivity contribution in [3.8, 4) is 11.8 Å². The SMILES string of the molecule is N#C[C@@H]1CCCN1C(=O)CN1CC[C@H](Oc2cccc3ccccc23)C1. The van der Waals surface area contributed by atoms with Crippen molar-refractivity contribution in [1.29, 1.82) is 5.26 Å². The number of amides is 1. The largest absolute Gasteiger partial charge is 0.488 e. The Bertz CT molecular complexity index is 839. The summed E-state index contributed by atoms with van der Waals surface area (Å²) < 4.78 is 6.25. The van der Waals surface area contributed by atoms with Crippen molar-refractivity contribution in [3.05, 3.63) is 42.5 Å². The molecule has 2 heterocycles. The number of hydrogen-bond acceptors (Lipinski definition) is 4. The minimum absolute atomic E-state index is 0.0693. The van der Waals surface area contributed by atoms with Gasteiger partial charge in [0, 0.05) is 25.0 Å². The first kappa shape index (κ1) is 16.9. The number of ether oxygens (including phenoxy) is 1. The smallest absolute Gasteiger partial charge is 0.237 e. The zero-order valence-electron chi connectivity index (χ0n) is 14.8. The number of likely N-dealkylation sites (tertiary alicyclic amines) is 2. The molecule has 2 aromatic rings. The molecule has 2 aromatic carbocycles. The Hall–Kier alpha value is -2.58. The van der Waals surface area contributed by atoms with Crippen molar-refractivity contribution >= 4 is 16.7 Å². The Labute approximate surface area is 153 Å². The molecular formula is C21H23N3O2. The summed E-state index contributed by atoms with van der Waals surface area (Å²) in [5.41, 5.74) is 0. The van der Waals surface area contributed by atoms with Crippen molar-refractivity contribution in [2.24, 2.45) is 0 Å². The molecular weight excluding hydrogens is 326 g/mol. The van der Waals surface area contributed by atoms with Crippen LogP contribution in [-0.4, -0.2) is 54.0 Å². The van der Waals surface area contributed by atoms with Gasteiger partial charge in [-0.15, -0.1) is 0 Å². The van der Waals surface area contributed by atoms with E-state index >= 15 is 0 Å². The molecule has 26 heavy (non-hydrogen) atoms. The van der Waals surface area contributed by atoms with Crippen LogP contribution in [0.1, 0.15) is 19.3 Å². The molecule has 2 fully saturated rings. The van der Waals surface area contributed by atoms with Crippen LogP contribution in [0.4, 0.5) is 0 Å². The van der Waals surface area contributed by atoms with E-state index in [4.69, 9.17) is 10.00 Å². The normalized spacial score (nSPS) is 23.3. The third kappa shape index (κ3) is 3.38. The van der Waals surface area contributed by atoms with Gasteiger partial charge >= 0.3 is 0 Å². The molecule has 0 N–H and O–H groups in total. The lowest BCUT2D eigenvalue weighted by atomic mass is 10.1. The molecule has 1 amide bonds. The van der Waals surface area contributed by atoms with Crippen LogP contribution in [0.2, 0.25) is 0 Å². The first-order chi connectivity index (χ1) is 12.7. The number of hydrogen-bond donors (Lipinski definition) is 0. The molecule has 2 aliphatic rings. The minimum Gasteiger partial charge on any atom is -0.488 e. The fraction of sp³-hybridized carbons (Fsp3) is 0.429. The summed E-state index contributed by atoms with van der Waals surface area (Å²) >= 11 is 0. The van der Waals surface area contributed by atoms with E-state index in [0.717, 1.165) is 43.5 Å². The highest BCUT2D eigenvalue weighted by atomic mass is 16.5. The Balaban J connectivity index is 1.37. The fourth-order valence-corrected chi connectivity index (χ4v) is 4.00. The quantitative estimate of drug-likeness (QED) is 0.852. The van der Waals surface area contributed by atoms with Gasteiger partial charge in [-0.25, -0.2) is 0 Å². The fourth-order valence-electron chi connectivity index (χ4n) is 4.00. The number of nitriles is 1. The molecule has 2 atom stereocenters. The van der Waals surface area contributed by atoms with Crippen LogP contribution < -0.4 is 4.74 Å². The van der Waals surface area contributed by atoms with Crippen molar-refractivity contribution in [3.63, 3.8) is 0 Å². The number of fused-ring (bicyclic) bond motifs is 1. The Kier molecular flexibility index (Phi) is 4.77. The molecule has 2 aliphatic heterocycles. The molecule has 0 spiro atoms. The van der Waals surface area contributed by atoms with Crippen molar-refractivity contribution in [2.75, 3.05) is 26.2 Å². The van der Waals surface area contributed by atoms with E-state index < -0.39 is 0 Å². The van der Waals surface area contributed by atoms with Gasteiger partial charge in [-0.05, 0) is 30.7 Å². The van der Waals surface area contributed by atoms with Gasteiger partial charge in [-0.1, -0.05) is 36.4 Å². The summed E-state index contributed by atoms with van der Waals surface area (Å²) in [6.45, 7) is 2.70. The van der Waals surface area contributed by atoms with E-state index in [2.05, 4.69) is 29.2 Å². The predicted molar refractivity (Wildman–Crippen MR) is 99.8 cm³/mol. The average Bonchev–Trinajstić information content (AvgIpc) is 3.31. The van der Waals surface area contributed by atoms with Gasteiger partial charge in [-0.2, -0.15) is 5.26 Å². The second-order valence-electron chi connectivity index (χ2n) is 7.12. The van der Waals surface area contributed by atoms with Crippen molar-refractivity contribution in [2.45, 2.75) is 31.4 Å². The van der Waals surface area contributed by atoms with Crippen LogP contribution >= 0.6 is 0 Å². The summed E-state index contributed by atoms with van der Waals surface area (Å²) in [6.07, 6.45) is 2.74. The van der Waals surface area contributed by atoms with Crippen LogP contribution in [0.3, 0.4) is 0 Å². The van der Waals surface area contributed by atoms with E-state index in [1.807, 2.05) is 24.3 Å². The maximum Gasteiger partial charge on any atom is 0.237 e. The molecule has 0 unspecified atom stereocenters. The van der Waals surface area contributed by atoms with Gasteiger partial charge in [0.05, 0.1) is 12.6 Å².